The third kappa shape index (κ3) is 5.38. The van der Waals surface area contributed by atoms with Crippen LogP contribution >= 0.6 is 0 Å². The van der Waals surface area contributed by atoms with Gasteiger partial charge in [-0.05, 0) is 39.2 Å². The lowest BCUT2D eigenvalue weighted by Crippen LogP contribution is -2.54. The molecule has 0 radical (unpaired) electrons. The molecule has 3 nitrogen and oxygen atoms in total. The summed E-state index contributed by atoms with van der Waals surface area (Å²) in [5.41, 5.74) is 1.46. The van der Waals surface area contributed by atoms with Gasteiger partial charge in [-0.1, -0.05) is 30.3 Å². The van der Waals surface area contributed by atoms with E-state index in [1.165, 1.54) is 38.0 Å². The van der Waals surface area contributed by atoms with Crippen LogP contribution in [0.1, 0.15) is 32.8 Å². The maximum Gasteiger partial charge on any atom is 0.0593 e. The summed E-state index contributed by atoms with van der Waals surface area (Å²) >= 11 is 0. The lowest BCUT2D eigenvalue weighted by Gasteiger charge is -2.42. The minimum atomic E-state index is 0.633. The van der Waals surface area contributed by atoms with Crippen LogP contribution in [0.3, 0.4) is 0 Å². The van der Waals surface area contributed by atoms with Gasteiger partial charge < -0.3 is 4.74 Å². The molecule has 0 bridgehead atoms. The number of ether oxygens (including phenoxy) is 1. The molecule has 22 heavy (non-hydrogen) atoms. The molecule has 2 rings (SSSR count). The van der Waals surface area contributed by atoms with Crippen LogP contribution in [0.2, 0.25) is 0 Å². The van der Waals surface area contributed by atoms with E-state index in [4.69, 9.17) is 4.74 Å². The highest BCUT2D eigenvalue weighted by atomic mass is 16.5. The lowest BCUT2D eigenvalue weighted by molar-refractivity contribution is 0.0338. The Morgan fingerprint density at radius 1 is 1.23 bits per heavy atom. The Labute approximate surface area is 136 Å². The van der Waals surface area contributed by atoms with Crippen molar-refractivity contribution in [2.75, 3.05) is 39.4 Å². The molecule has 1 saturated heterocycles. The number of piperazine rings is 1. The highest BCUT2D eigenvalue weighted by Gasteiger charge is 2.25. The van der Waals surface area contributed by atoms with Crippen LogP contribution in [0.5, 0.6) is 0 Å². The van der Waals surface area contributed by atoms with Crippen LogP contribution in [0.25, 0.3) is 0 Å². The van der Waals surface area contributed by atoms with E-state index in [0.717, 1.165) is 19.8 Å². The average Bonchev–Trinajstić information content (AvgIpc) is 2.55. The molecule has 0 aliphatic carbocycles. The Kier molecular flexibility index (Phi) is 7.37. The van der Waals surface area contributed by atoms with Gasteiger partial charge in [0.25, 0.3) is 0 Å². The molecule has 124 valence electrons. The number of hydrogen-bond donors (Lipinski definition) is 0. The number of nitrogens with zero attached hydrogens (tertiary/aromatic N) is 2. The molecule has 3 heteroatoms. The predicted octanol–water partition coefficient (Wildman–Crippen LogP) is 3.05. The second-order valence-corrected chi connectivity index (χ2v) is 6.45. The third-order valence-corrected chi connectivity index (χ3v) is 4.84. The fourth-order valence-corrected chi connectivity index (χ4v) is 3.28. The zero-order valence-electron chi connectivity index (χ0n) is 14.5. The SMILES string of the molecule is CCOCCN1CCN([C@H](C)CCc2ccccc2)C[C@@H]1C. The molecule has 1 aliphatic heterocycles. The first-order chi connectivity index (χ1) is 10.7. The standard InChI is InChI=1S/C19H32N2O/c1-4-22-15-14-20-12-13-21(16-18(20)3)17(2)10-11-19-8-6-5-7-9-19/h5-9,17-18H,4,10-16H2,1-3H3/t17-,18+/m1/s1. The molecular formula is C19H32N2O. The molecular weight excluding hydrogens is 272 g/mol. The van der Waals surface area contributed by atoms with Gasteiger partial charge >= 0.3 is 0 Å². The molecule has 0 spiro atoms. The topological polar surface area (TPSA) is 15.7 Å². The summed E-state index contributed by atoms with van der Waals surface area (Å²) in [6.45, 7) is 13.1. The van der Waals surface area contributed by atoms with Gasteiger partial charge in [0.1, 0.15) is 0 Å². The summed E-state index contributed by atoms with van der Waals surface area (Å²) in [5.74, 6) is 0. The van der Waals surface area contributed by atoms with Crippen molar-refractivity contribution in [2.45, 2.75) is 45.7 Å². The molecule has 1 fully saturated rings. The second kappa shape index (κ2) is 9.29. The van der Waals surface area contributed by atoms with Crippen LogP contribution in [0.15, 0.2) is 30.3 Å². The van der Waals surface area contributed by atoms with Crippen molar-refractivity contribution in [1.82, 2.24) is 9.80 Å². The zero-order valence-corrected chi connectivity index (χ0v) is 14.5. The van der Waals surface area contributed by atoms with Gasteiger partial charge in [0.15, 0.2) is 0 Å². The largest absolute Gasteiger partial charge is 0.380 e. The summed E-state index contributed by atoms with van der Waals surface area (Å²) in [5, 5.41) is 0. The molecule has 0 unspecified atom stereocenters. The monoisotopic (exact) mass is 304 g/mol. The van der Waals surface area contributed by atoms with Gasteiger partial charge in [-0.25, -0.2) is 0 Å². The molecule has 2 atom stereocenters. The average molecular weight is 304 g/mol. The molecule has 1 aromatic carbocycles. The number of rotatable bonds is 8. The first-order valence-corrected chi connectivity index (χ1v) is 8.80. The van der Waals surface area contributed by atoms with Crippen LogP contribution in [-0.2, 0) is 11.2 Å². The number of benzene rings is 1. The molecule has 1 heterocycles. The van der Waals surface area contributed by atoms with Crippen molar-refractivity contribution in [3.63, 3.8) is 0 Å². The first kappa shape index (κ1) is 17.5. The number of hydrogen-bond acceptors (Lipinski definition) is 3. The van der Waals surface area contributed by atoms with Gasteiger partial charge in [0.2, 0.25) is 0 Å². The minimum Gasteiger partial charge on any atom is -0.380 e. The van der Waals surface area contributed by atoms with E-state index in [1.54, 1.807) is 0 Å². The fraction of sp³-hybridized carbons (Fsp3) is 0.684. The Bertz CT molecular complexity index is 409. The van der Waals surface area contributed by atoms with E-state index >= 15 is 0 Å². The summed E-state index contributed by atoms with van der Waals surface area (Å²) in [6, 6.07) is 12.1. The van der Waals surface area contributed by atoms with Crippen LogP contribution < -0.4 is 0 Å². The maximum absolute atomic E-state index is 5.49. The van der Waals surface area contributed by atoms with E-state index in [0.29, 0.717) is 12.1 Å². The van der Waals surface area contributed by atoms with Gasteiger partial charge in [0.05, 0.1) is 6.61 Å². The maximum atomic E-state index is 5.49. The van der Waals surface area contributed by atoms with E-state index in [2.05, 4.69) is 60.9 Å². The van der Waals surface area contributed by atoms with Gasteiger partial charge in [-0.2, -0.15) is 0 Å². The summed E-state index contributed by atoms with van der Waals surface area (Å²) in [4.78, 5) is 5.22. The van der Waals surface area contributed by atoms with Gasteiger partial charge in [-0.3, -0.25) is 9.80 Å². The smallest absolute Gasteiger partial charge is 0.0593 e. The molecule has 0 aromatic heterocycles. The zero-order chi connectivity index (χ0) is 15.8. The van der Waals surface area contributed by atoms with Gasteiger partial charge in [0, 0.05) is 44.9 Å². The van der Waals surface area contributed by atoms with E-state index < -0.39 is 0 Å². The molecule has 0 amide bonds. The van der Waals surface area contributed by atoms with Crippen molar-refractivity contribution < 1.29 is 4.74 Å². The van der Waals surface area contributed by atoms with E-state index in [-0.39, 0.29) is 0 Å². The highest BCUT2D eigenvalue weighted by molar-refractivity contribution is 5.14. The Balaban J connectivity index is 1.72. The quantitative estimate of drug-likeness (QED) is 0.687. The van der Waals surface area contributed by atoms with Crippen molar-refractivity contribution in [3.05, 3.63) is 35.9 Å². The van der Waals surface area contributed by atoms with E-state index in [1.807, 2.05) is 0 Å². The van der Waals surface area contributed by atoms with Gasteiger partial charge in [-0.15, -0.1) is 0 Å². The minimum absolute atomic E-state index is 0.633. The highest BCUT2D eigenvalue weighted by Crippen LogP contribution is 2.15. The van der Waals surface area contributed by atoms with Crippen molar-refractivity contribution in [2.24, 2.45) is 0 Å². The van der Waals surface area contributed by atoms with Crippen LogP contribution in [0.4, 0.5) is 0 Å². The summed E-state index contributed by atoms with van der Waals surface area (Å²) in [7, 11) is 0. The second-order valence-electron chi connectivity index (χ2n) is 6.45. The van der Waals surface area contributed by atoms with Crippen LogP contribution in [0, 0.1) is 0 Å². The number of aryl methyl sites for hydroxylation is 1. The Morgan fingerprint density at radius 2 is 2.00 bits per heavy atom. The third-order valence-electron chi connectivity index (χ3n) is 4.84. The fourth-order valence-electron chi connectivity index (χ4n) is 3.28. The normalized spacial score (nSPS) is 21.9. The molecule has 1 aliphatic rings. The van der Waals surface area contributed by atoms with Crippen molar-refractivity contribution >= 4 is 0 Å². The van der Waals surface area contributed by atoms with Crippen LogP contribution in [-0.4, -0.2) is 61.3 Å². The summed E-state index contributed by atoms with van der Waals surface area (Å²) in [6.07, 6.45) is 2.43. The molecule has 1 aromatic rings. The van der Waals surface area contributed by atoms with Crippen molar-refractivity contribution in [3.8, 4) is 0 Å². The lowest BCUT2D eigenvalue weighted by atomic mass is 10.0. The molecule has 0 N–H and O–H groups in total. The Hall–Kier alpha value is -0.900. The first-order valence-electron chi connectivity index (χ1n) is 8.80. The van der Waals surface area contributed by atoms with Crippen molar-refractivity contribution in [1.29, 1.82) is 0 Å². The predicted molar refractivity (Wildman–Crippen MR) is 93.3 cm³/mol. The molecule has 0 saturated carbocycles. The summed E-state index contributed by atoms with van der Waals surface area (Å²) < 4.78 is 5.49. The Morgan fingerprint density at radius 3 is 2.68 bits per heavy atom. The van der Waals surface area contributed by atoms with E-state index in [9.17, 15) is 0 Å².